The van der Waals surface area contributed by atoms with Gasteiger partial charge >= 0.3 is 0 Å². The van der Waals surface area contributed by atoms with Crippen LogP contribution in [0.5, 0.6) is 0 Å². The van der Waals surface area contributed by atoms with Crippen LogP contribution in [-0.2, 0) is 0 Å². The van der Waals surface area contributed by atoms with Crippen LogP contribution in [0.25, 0.3) is 11.3 Å². The highest BCUT2D eigenvalue weighted by Gasteiger charge is 2.27. The fraction of sp³-hybridized carbons (Fsp3) is 0.250. The van der Waals surface area contributed by atoms with Gasteiger partial charge in [-0.2, -0.15) is 0 Å². The molecule has 17 heavy (non-hydrogen) atoms. The van der Waals surface area contributed by atoms with Gasteiger partial charge in [0.15, 0.2) is 0 Å². The third-order valence-corrected chi connectivity index (χ3v) is 3.91. The van der Waals surface area contributed by atoms with Crippen LogP contribution in [0, 0.1) is 0 Å². The maximum absolute atomic E-state index is 5.95. The molecule has 1 aliphatic rings. The van der Waals surface area contributed by atoms with Gasteiger partial charge < -0.3 is 5.73 Å². The molecule has 4 nitrogen and oxygen atoms in total. The Morgan fingerprint density at radius 2 is 2.12 bits per heavy atom. The van der Waals surface area contributed by atoms with Gasteiger partial charge in [-0.15, -0.1) is 11.3 Å². The molecule has 1 aromatic heterocycles. The first-order valence-corrected chi connectivity index (χ1v) is 6.47. The summed E-state index contributed by atoms with van der Waals surface area (Å²) in [7, 11) is 0. The third kappa shape index (κ3) is 2.10. The molecule has 2 aromatic rings. The van der Waals surface area contributed by atoms with Crippen LogP contribution in [0.1, 0.15) is 10.9 Å². The molecule has 1 fully saturated rings. The van der Waals surface area contributed by atoms with Crippen molar-refractivity contribution in [1.82, 2.24) is 15.8 Å². The summed E-state index contributed by atoms with van der Waals surface area (Å²) in [5.74, 6) is 0.262. The van der Waals surface area contributed by atoms with Crippen LogP contribution in [0.4, 0.5) is 0 Å². The lowest BCUT2D eigenvalue weighted by Crippen LogP contribution is -2.38. The summed E-state index contributed by atoms with van der Waals surface area (Å²) in [5.41, 5.74) is 14.2. The molecular weight excluding hydrogens is 232 g/mol. The minimum absolute atomic E-state index is 0.0511. The Bertz CT molecular complexity index is 496. The fourth-order valence-corrected chi connectivity index (χ4v) is 2.93. The minimum atomic E-state index is -0.0511. The predicted molar refractivity (Wildman–Crippen MR) is 69.4 cm³/mol. The van der Waals surface area contributed by atoms with Crippen molar-refractivity contribution in [3.05, 3.63) is 40.7 Å². The first-order valence-electron chi connectivity index (χ1n) is 5.59. The van der Waals surface area contributed by atoms with Gasteiger partial charge in [0.25, 0.3) is 0 Å². The SMILES string of the molecule is NC1NNCC1c1nc(-c2ccccc2)cs1. The first-order chi connectivity index (χ1) is 8.34. The zero-order valence-electron chi connectivity index (χ0n) is 9.26. The molecule has 0 amide bonds. The van der Waals surface area contributed by atoms with E-state index in [-0.39, 0.29) is 12.1 Å². The maximum atomic E-state index is 5.95. The molecule has 1 aliphatic heterocycles. The zero-order chi connectivity index (χ0) is 11.7. The Balaban J connectivity index is 1.88. The summed E-state index contributed by atoms with van der Waals surface area (Å²) in [5, 5.41) is 3.18. The van der Waals surface area contributed by atoms with Crippen molar-refractivity contribution in [1.29, 1.82) is 0 Å². The van der Waals surface area contributed by atoms with Gasteiger partial charge in [-0.1, -0.05) is 30.3 Å². The number of hydrogen-bond donors (Lipinski definition) is 3. The van der Waals surface area contributed by atoms with Gasteiger partial charge in [-0.05, 0) is 0 Å². The van der Waals surface area contributed by atoms with E-state index in [1.54, 1.807) is 11.3 Å². The van der Waals surface area contributed by atoms with Crippen molar-refractivity contribution < 1.29 is 0 Å². The smallest absolute Gasteiger partial charge is 0.101 e. The van der Waals surface area contributed by atoms with Gasteiger partial charge in [-0.3, -0.25) is 5.43 Å². The van der Waals surface area contributed by atoms with Crippen LogP contribution >= 0.6 is 11.3 Å². The average molecular weight is 246 g/mol. The zero-order valence-corrected chi connectivity index (χ0v) is 10.1. The molecule has 1 saturated heterocycles. The number of nitrogens with two attached hydrogens (primary N) is 1. The predicted octanol–water partition coefficient (Wildman–Crippen LogP) is 1.29. The number of nitrogens with zero attached hydrogens (tertiary/aromatic N) is 1. The van der Waals surface area contributed by atoms with E-state index < -0.39 is 0 Å². The largest absolute Gasteiger partial charge is 0.314 e. The second-order valence-corrected chi connectivity index (χ2v) is 4.98. The highest BCUT2D eigenvalue weighted by molar-refractivity contribution is 7.10. The first kappa shape index (κ1) is 10.9. The van der Waals surface area contributed by atoms with Crippen LogP contribution < -0.4 is 16.6 Å². The molecule has 0 saturated carbocycles. The molecule has 2 atom stereocenters. The minimum Gasteiger partial charge on any atom is -0.314 e. The summed E-state index contributed by atoms with van der Waals surface area (Å²) >= 11 is 1.67. The van der Waals surface area contributed by atoms with Crippen molar-refractivity contribution in [2.45, 2.75) is 12.1 Å². The van der Waals surface area contributed by atoms with Crippen molar-refractivity contribution in [2.75, 3.05) is 6.54 Å². The molecule has 4 N–H and O–H groups in total. The maximum Gasteiger partial charge on any atom is 0.101 e. The Labute approximate surface area is 104 Å². The van der Waals surface area contributed by atoms with Gasteiger partial charge in [0.05, 0.1) is 17.8 Å². The summed E-state index contributed by atoms with van der Waals surface area (Å²) in [4.78, 5) is 4.67. The Hall–Kier alpha value is -1.27. The Kier molecular flexibility index (Phi) is 2.90. The molecule has 0 spiro atoms. The van der Waals surface area contributed by atoms with E-state index in [1.807, 2.05) is 18.2 Å². The Morgan fingerprint density at radius 3 is 2.82 bits per heavy atom. The molecular formula is C12H14N4S. The third-order valence-electron chi connectivity index (χ3n) is 2.93. The van der Waals surface area contributed by atoms with E-state index in [1.165, 1.54) is 0 Å². The van der Waals surface area contributed by atoms with E-state index in [0.717, 1.165) is 22.8 Å². The summed E-state index contributed by atoms with van der Waals surface area (Å²) in [6.45, 7) is 0.836. The van der Waals surface area contributed by atoms with E-state index in [2.05, 4.69) is 33.3 Å². The number of rotatable bonds is 2. The van der Waals surface area contributed by atoms with Gasteiger partial charge in [0.1, 0.15) is 5.01 Å². The quantitative estimate of drug-likeness (QED) is 0.747. The normalized spacial score (nSPS) is 24.1. The second-order valence-electron chi connectivity index (χ2n) is 4.09. The average Bonchev–Trinajstić information content (AvgIpc) is 2.98. The number of hydrazine groups is 1. The van der Waals surface area contributed by atoms with Gasteiger partial charge in [0, 0.05) is 17.5 Å². The highest BCUT2D eigenvalue weighted by Crippen LogP contribution is 2.28. The van der Waals surface area contributed by atoms with E-state index >= 15 is 0 Å². The van der Waals surface area contributed by atoms with E-state index in [0.29, 0.717) is 0 Å². The van der Waals surface area contributed by atoms with Gasteiger partial charge in [0.2, 0.25) is 0 Å². The monoisotopic (exact) mass is 246 g/mol. The number of hydrogen-bond acceptors (Lipinski definition) is 5. The van der Waals surface area contributed by atoms with Crippen molar-refractivity contribution in [2.24, 2.45) is 5.73 Å². The summed E-state index contributed by atoms with van der Waals surface area (Å²) in [6.07, 6.45) is -0.0511. The lowest BCUT2D eigenvalue weighted by atomic mass is 10.1. The number of thiazole rings is 1. The molecule has 5 heteroatoms. The van der Waals surface area contributed by atoms with Crippen LogP contribution in [0.2, 0.25) is 0 Å². The summed E-state index contributed by atoms with van der Waals surface area (Å²) < 4.78 is 0. The standard InChI is InChI=1S/C12H14N4S/c13-11-9(6-14-16-11)12-15-10(7-17-12)8-4-2-1-3-5-8/h1-5,7,9,11,14,16H,6,13H2. The fourth-order valence-electron chi connectivity index (χ4n) is 1.95. The molecule has 88 valence electrons. The number of nitrogens with one attached hydrogen (secondary N) is 2. The van der Waals surface area contributed by atoms with Crippen molar-refractivity contribution >= 4 is 11.3 Å². The molecule has 0 radical (unpaired) electrons. The lowest BCUT2D eigenvalue weighted by Gasteiger charge is -2.09. The molecule has 2 unspecified atom stereocenters. The number of benzene rings is 1. The van der Waals surface area contributed by atoms with E-state index in [4.69, 9.17) is 5.73 Å². The van der Waals surface area contributed by atoms with Crippen LogP contribution in [-0.4, -0.2) is 17.7 Å². The molecule has 1 aromatic carbocycles. The van der Waals surface area contributed by atoms with Crippen LogP contribution in [0.15, 0.2) is 35.7 Å². The topological polar surface area (TPSA) is 63.0 Å². The molecule has 3 rings (SSSR count). The van der Waals surface area contributed by atoms with E-state index in [9.17, 15) is 0 Å². The second kappa shape index (κ2) is 4.54. The summed E-state index contributed by atoms with van der Waals surface area (Å²) in [6, 6.07) is 10.2. The van der Waals surface area contributed by atoms with Gasteiger partial charge in [-0.25, -0.2) is 10.4 Å². The van der Waals surface area contributed by atoms with Crippen molar-refractivity contribution in [3.63, 3.8) is 0 Å². The molecule has 0 bridgehead atoms. The molecule has 2 heterocycles. The molecule has 0 aliphatic carbocycles. The highest BCUT2D eigenvalue weighted by atomic mass is 32.1. The lowest BCUT2D eigenvalue weighted by molar-refractivity contribution is 0.546. The van der Waals surface area contributed by atoms with Crippen LogP contribution in [0.3, 0.4) is 0 Å². The Morgan fingerprint density at radius 1 is 1.29 bits per heavy atom. The van der Waals surface area contributed by atoms with Crippen molar-refractivity contribution in [3.8, 4) is 11.3 Å². The number of aromatic nitrogens is 1.